The number of aromatic nitrogens is 4. The van der Waals surface area contributed by atoms with Crippen molar-refractivity contribution in [2.24, 2.45) is 17.1 Å². The van der Waals surface area contributed by atoms with Crippen molar-refractivity contribution in [2.45, 2.75) is 77.9 Å². The van der Waals surface area contributed by atoms with Crippen LogP contribution in [-0.4, -0.2) is 66.0 Å². The van der Waals surface area contributed by atoms with E-state index in [-0.39, 0.29) is 23.3 Å². The molecule has 0 bridgehead atoms. The van der Waals surface area contributed by atoms with Crippen LogP contribution in [0.3, 0.4) is 0 Å². The van der Waals surface area contributed by atoms with Crippen LogP contribution in [-0.2, 0) is 10.3 Å². The van der Waals surface area contributed by atoms with E-state index in [9.17, 15) is 14.7 Å². The highest BCUT2D eigenvalue weighted by Gasteiger charge is 2.55. The lowest BCUT2D eigenvalue weighted by Gasteiger charge is -2.45. The van der Waals surface area contributed by atoms with Crippen LogP contribution < -0.4 is 5.73 Å². The molecule has 4 aromatic rings. The van der Waals surface area contributed by atoms with E-state index in [1.54, 1.807) is 4.90 Å². The Labute approximate surface area is 270 Å². The smallest absolute Gasteiger partial charge is 0.408 e. The number of nitrogens with one attached hydrogen (secondary N) is 2. The Morgan fingerprint density at radius 2 is 1.46 bits per heavy atom. The minimum atomic E-state index is -0.909. The van der Waals surface area contributed by atoms with E-state index in [1.807, 2.05) is 31.1 Å². The van der Waals surface area contributed by atoms with Crippen molar-refractivity contribution >= 4 is 12.0 Å². The number of nitrogens with zero attached hydrogens (tertiary/aromatic N) is 4. The summed E-state index contributed by atoms with van der Waals surface area (Å²) in [4.78, 5) is 44.9. The molecule has 2 aliphatic rings. The van der Waals surface area contributed by atoms with Crippen molar-refractivity contribution < 1.29 is 14.7 Å². The summed E-state index contributed by atoms with van der Waals surface area (Å²) in [6, 6.07) is 16.1. The number of carbonyl (C=O) groups is 2. The van der Waals surface area contributed by atoms with Gasteiger partial charge in [-0.25, -0.2) is 14.8 Å². The molecular formula is C36H45N7O3. The van der Waals surface area contributed by atoms with Gasteiger partial charge in [0.05, 0.1) is 35.9 Å². The zero-order valence-corrected chi connectivity index (χ0v) is 27.4. The van der Waals surface area contributed by atoms with Gasteiger partial charge in [0.15, 0.2) is 0 Å². The molecule has 10 nitrogen and oxygen atoms in total. The number of rotatable bonds is 7. The third kappa shape index (κ3) is 5.48. The maximum Gasteiger partial charge on any atom is 0.408 e. The number of carbonyl (C=O) groups excluding carboxylic acids is 1. The van der Waals surface area contributed by atoms with E-state index in [4.69, 9.17) is 10.7 Å². The summed E-state index contributed by atoms with van der Waals surface area (Å²) in [5.41, 5.74) is 11.1. The van der Waals surface area contributed by atoms with Crippen LogP contribution in [0.5, 0.6) is 0 Å². The minimum Gasteiger partial charge on any atom is -0.465 e. The molecule has 5 N–H and O–H groups in total. The van der Waals surface area contributed by atoms with Crippen LogP contribution in [0.15, 0.2) is 60.9 Å². The van der Waals surface area contributed by atoms with Crippen LogP contribution in [0.2, 0.25) is 0 Å². The number of hydrogen-bond acceptors (Lipinski definition) is 5. The molecule has 0 saturated carbocycles. The van der Waals surface area contributed by atoms with Crippen molar-refractivity contribution in [1.82, 2.24) is 29.7 Å². The summed E-state index contributed by atoms with van der Waals surface area (Å²) in [5, 5.41) is 9.99. The lowest BCUT2D eigenvalue weighted by Crippen LogP contribution is -2.53. The first-order valence-corrected chi connectivity index (χ1v) is 16.3. The first kappa shape index (κ1) is 31.5. The monoisotopic (exact) mass is 623 g/mol. The molecular weight excluding hydrogens is 578 g/mol. The van der Waals surface area contributed by atoms with E-state index in [1.165, 1.54) is 0 Å². The molecule has 2 saturated heterocycles. The van der Waals surface area contributed by atoms with Crippen molar-refractivity contribution in [3.05, 3.63) is 72.6 Å². The molecule has 46 heavy (non-hydrogen) atoms. The molecule has 10 heteroatoms. The summed E-state index contributed by atoms with van der Waals surface area (Å²) < 4.78 is 0. The van der Waals surface area contributed by atoms with Gasteiger partial charge in [-0.15, -0.1) is 0 Å². The predicted molar refractivity (Wildman–Crippen MR) is 179 cm³/mol. The Bertz CT molecular complexity index is 1700. The number of likely N-dealkylation sites (tertiary alicyclic amines) is 2. The van der Waals surface area contributed by atoms with Gasteiger partial charge in [0.25, 0.3) is 0 Å². The number of benzene rings is 2. The van der Waals surface area contributed by atoms with Gasteiger partial charge >= 0.3 is 6.09 Å². The fourth-order valence-electron chi connectivity index (χ4n) is 7.27. The van der Waals surface area contributed by atoms with Gasteiger partial charge in [0, 0.05) is 13.1 Å². The molecule has 0 spiro atoms. The summed E-state index contributed by atoms with van der Waals surface area (Å²) in [7, 11) is 0. The molecule has 2 aromatic carbocycles. The molecule has 2 aliphatic heterocycles. The molecule has 3 atom stereocenters. The number of imidazole rings is 2. The third-order valence-corrected chi connectivity index (χ3v) is 10.00. The van der Waals surface area contributed by atoms with Gasteiger partial charge in [-0.1, -0.05) is 83.1 Å². The molecule has 0 radical (unpaired) electrons. The quantitative estimate of drug-likeness (QED) is 0.178. The third-order valence-electron chi connectivity index (χ3n) is 10.00. The number of amides is 2. The zero-order chi connectivity index (χ0) is 32.8. The van der Waals surface area contributed by atoms with Gasteiger partial charge in [-0.05, 0) is 59.3 Å². The average Bonchev–Trinajstić information content (AvgIpc) is 3.85. The van der Waals surface area contributed by atoms with E-state index in [0.29, 0.717) is 18.9 Å². The van der Waals surface area contributed by atoms with Gasteiger partial charge < -0.3 is 25.7 Å². The minimum absolute atomic E-state index is 0.00809. The molecule has 2 fully saturated rings. The highest BCUT2D eigenvalue weighted by atomic mass is 16.4. The van der Waals surface area contributed by atoms with E-state index in [0.717, 1.165) is 65.1 Å². The van der Waals surface area contributed by atoms with Gasteiger partial charge in [-0.2, -0.15) is 0 Å². The number of nitrogens with two attached hydrogens (primary N) is 1. The highest BCUT2D eigenvalue weighted by Crippen LogP contribution is 2.50. The fraction of sp³-hybridized carbons (Fsp3) is 0.444. The topological polar surface area (TPSA) is 144 Å². The SMILES string of the molecule is CC(C)[C@H](N)C(=O)N1CCC[C@H]1c1ncc(-c2ccc(-c3ccc(-c4cnc([C@@]5(C(C)(C)C)CCCN5C(=O)O)[nH]4)cc3)cc2)[nH]1. The summed E-state index contributed by atoms with van der Waals surface area (Å²) in [5.74, 6) is 1.58. The molecule has 242 valence electrons. The first-order valence-electron chi connectivity index (χ1n) is 16.3. The van der Waals surface area contributed by atoms with Gasteiger partial charge in [0.2, 0.25) is 5.91 Å². The van der Waals surface area contributed by atoms with Crippen molar-refractivity contribution in [3.8, 4) is 33.6 Å². The number of hydrogen-bond donors (Lipinski definition) is 4. The lowest BCUT2D eigenvalue weighted by atomic mass is 9.71. The summed E-state index contributed by atoms with van der Waals surface area (Å²) >= 11 is 0. The molecule has 2 amide bonds. The van der Waals surface area contributed by atoms with E-state index >= 15 is 0 Å². The second-order valence-corrected chi connectivity index (χ2v) is 14.1. The molecule has 0 aliphatic carbocycles. The van der Waals surface area contributed by atoms with E-state index in [2.05, 4.69) is 84.3 Å². The Hall–Kier alpha value is -4.44. The van der Waals surface area contributed by atoms with Gasteiger partial charge in [0.1, 0.15) is 17.2 Å². The molecule has 4 heterocycles. The van der Waals surface area contributed by atoms with Crippen LogP contribution in [0, 0.1) is 11.3 Å². The largest absolute Gasteiger partial charge is 0.465 e. The second-order valence-electron chi connectivity index (χ2n) is 14.1. The number of aromatic amines is 2. The van der Waals surface area contributed by atoms with Crippen molar-refractivity contribution in [3.63, 3.8) is 0 Å². The van der Waals surface area contributed by atoms with Crippen LogP contribution in [0.1, 0.15) is 78.0 Å². The van der Waals surface area contributed by atoms with Crippen LogP contribution >= 0.6 is 0 Å². The van der Waals surface area contributed by atoms with Crippen molar-refractivity contribution in [1.29, 1.82) is 0 Å². The Kier molecular flexibility index (Phi) is 8.27. The molecule has 0 unspecified atom stereocenters. The van der Waals surface area contributed by atoms with E-state index < -0.39 is 17.7 Å². The Balaban J connectivity index is 1.17. The average molecular weight is 624 g/mol. The predicted octanol–water partition coefficient (Wildman–Crippen LogP) is 6.80. The standard InChI is InChI=1S/C36H45N7O3/c1-22(2)30(37)32(44)42-18-6-8-29(42)31-38-20-27(40-31)25-13-9-23(10-14-25)24-11-15-26(16-12-24)28-21-39-33(41-28)36(35(3,4)5)17-7-19-43(36)34(45)46/h9-16,20-22,29-30H,6-8,17-19,37H2,1-5H3,(H,38,40)(H,39,41)(H,45,46)/t29-,30-,36+/m0/s1. The van der Waals surface area contributed by atoms with Crippen molar-refractivity contribution in [2.75, 3.05) is 13.1 Å². The molecule has 2 aromatic heterocycles. The zero-order valence-electron chi connectivity index (χ0n) is 27.4. The van der Waals surface area contributed by atoms with Crippen LogP contribution in [0.4, 0.5) is 4.79 Å². The number of H-pyrrole nitrogens is 2. The summed E-state index contributed by atoms with van der Waals surface area (Å²) in [6.45, 7) is 11.4. The highest BCUT2D eigenvalue weighted by molar-refractivity contribution is 5.82. The first-order chi connectivity index (χ1) is 21.9. The Morgan fingerprint density at radius 1 is 0.891 bits per heavy atom. The molecule has 6 rings (SSSR count). The van der Waals surface area contributed by atoms with Crippen LogP contribution in [0.25, 0.3) is 33.6 Å². The summed E-state index contributed by atoms with van der Waals surface area (Å²) in [6.07, 6.45) is 6.09. The fourth-order valence-corrected chi connectivity index (χ4v) is 7.27. The Morgan fingerprint density at radius 3 is 2.02 bits per heavy atom. The number of carboxylic acid groups (broad SMARTS) is 1. The van der Waals surface area contributed by atoms with Gasteiger partial charge in [-0.3, -0.25) is 9.69 Å². The lowest BCUT2D eigenvalue weighted by molar-refractivity contribution is -0.134. The maximum atomic E-state index is 13.0. The normalized spacial score (nSPS) is 20.9. The maximum absolute atomic E-state index is 13.0. The second kappa shape index (κ2) is 12.1.